The van der Waals surface area contributed by atoms with Gasteiger partial charge in [-0.1, -0.05) is 47.5 Å². The van der Waals surface area contributed by atoms with Crippen LogP contribution in [-0.4, -0.2) is 15.7 Å². The van der Waals surface area contributed by atoms with Gasteiger partial charge in [0, 0.05) is 11.1 Å². The van der Waals surface area contributed by atoms with Gasteiger partial charge in [0.15, 0.2) is 5.69 Å². The van der Waals surface area contributed by atoms with E-state index in [4.69, 9.17) is 23.2 Å². The molecule has 0 aliphatic rings. The number of anilines is 1. The number of halogens is 5. The SMILES string of the molecule is O=Nc1ccc(Cl)c(NC(=O)c2ccc(-c3cc(C(F)(F)F)nn3-c3ccccc3Cl)cc2)c1. The normalized spacial score (nSPS) is 11.3. The molecule has 1 heterocycles. The number of benzene rings is 3. The number of carbonyl (C=O) groups excluding carboxylic acids is 1. The van der Waals surface area contributed by atoms with Crippen molar-refractivity contribution in [1.82, 2.24) is 9.78 Å². The first kappa shape index (κ1) is 23.5. The van der Waals surface area contributed by atoms with Crippen molar-refractivity contribution in [2.75, 3.05) is 5.32 Å². The molecule has 11 heteroatoms. The molecule has 1 N–H and O–H groups in total. The van der Waals surface area contributed by atoms with Crippen LogP contribution in [0.4, 0.5) is 24.5 Å². The van der Waals surface area contributed by atoms with Gasteiger partial charge in [0.05, 0.1) is 27.1 Å². The fourth-order valence-electron chi connectivity index (χ4n) is 3.19. The minimum atomic E-state index is -4.66. The van der Waals surface area contributed by atoms with E-state index in [1.807, 2.05) is 0 Å². The number of rotatable bonds is 5. The van der Waals surface area contributed by atoms with Crippen molar-refractivity contribution in [3.8, 4) is 16.9 Å². The van der Waals surface area contributed by atoms with Crippen molar-refractivity contribution in [2.45, 2.75) is 6.18 Å². The maximum Gasteiger partial charge on any atom is 0.435 e. The van der Waals surface area contributed by atoms with Gasteiger partial charge in [-0.25, -0.2) is 4.68 Å². The van der Waals surface area contributed by atoms with Gasteiger partial charge in [0.2, 0.25) is 0 Å². The molecule has 3 aromatic carbocycles. The zero-order chi connectivity index (χ0) is 24.5. The summed E-state index contributed by atoms with van der Waals surface area (Å²) in [7, 11) is 0. The Morgan fingerprint density at radius 1 is 0.941 bits per heavy atom. The smallest absolute Gasteiger partial charge is 0.321 e. The maximum absolute atomic E-state index is 13.4. The molecular formula is C23H13Cl2F3N4O2. The first-order valence-corrected chi connectivity index (χ1v) is 10.4. The lowest BCUT2D eigenvalue weighted by molar-refractivity contribution is -0.141. The van der Waals surface area contributed by atoms with E-state index in [9.17, 15) is 22.9 Å². The van der Waals surface area contributed by atoms with Gasteiger partial charge < -0.3 is 5.32 Å². The number of amides is 1. The number of alkyl halides is 3. The van der Waals surface area contributed by atoms with Crippen LogP contribution in [0.2, 0.25) is 10.0 Å². The van der Waals surface area contributed by atoms with Gasteiger partial charge in [-0.05, 0) is 53.7 Å². The molecule has 4 aromatic rings. The van der Waals surface area contributed by atoms with E-state index >= 15 is 0 Å². The van der Waals surface area contributed by atoms with Crippen LogP contribution in [0.1, 0.15) is 16.1 Å². The van der Waals surface area contributed by atoms with Gasteiger partial charge in [-0.3, -0.25) is 4.79 Å². The molecule has 0 saturated carbocycles. The van der Waals surface area contributed by atoms with Crippen LogP contribution in [-0.2, 0) is 6.18 Å². The lowest BCUT2D eigenvalue weighted by Gasteiger charge is -2.10. The van der Waals surface area contributed by atoms with Crippen molar-refractivity contribution in [3.63, 3.8) is 0 Å². The topological polar surface area (TPSA) is 76.3 Å². The van der Waals surface area contributed by atoms with Crippen LogP contribution in [0, 0.1) is 4.91 Å². The van der Waals surface area contributed by atoms with Crippen molar-refractivity contribution in [1.29, 1.82) is 0 Å². The van der Waals surface area contributed by atoms with Gasteiger partial charge in [0.1, 0.15) is 5.69 Å². The van der Waals surface area contributed by atoms with Crippen LogP contribution in [0.3, 0.4) is 0 Å². The van der Waals surface area contributed by atoms with E-state index < -0.39 is 17.8 Å². The Hall–Kier alpha value is -3.69. The van der Waals surface area contributed by atoms with E-state index in [1.165, 1.54) is 42.5 Å². The third-order valence-electron chi connectivity index (χ3n) is 4.83. The molecule has 0 unspecified atom stereocenters. The zero-order valence-electron chi connectivity index (χ0n) is 17.0. The Bertz CT molecular complexity index is 1390. The van der Waals surface area contributed by atoms with Crippen molar-refractivity contribution in [3.05, 3.63) is 99.0 Å². The molecule has 6 nitrogen and oxygen atoms in total. The van der Waals surface area contributed by atoms with Crippen molar-refractivity contribution >= 4 is 40.5 Å². The molecule has 0 saturated heterocycles. The second-order valence-corrected chi connectivity index (χ2v) is 7.88. The van der Waals surface area contributed by atoms with E-state index in [-0.39, 0.29) is 38.4 Å². The minimum Gasteiger partial charge on any atom is -0.321 e. The van der Waals surface area contributed by atoms with Gasteiger partial charge in [-0.15, -0.1) is 4.91 Å². The summed E-state index contributed by atoms with van der Waals surface area (Å²) < 4.78 is 41.2. The number of nitroso groups, excluding NO2 is 1. The van der Waals surface area contributed by atoms with Crippen molar-refractivity contribution in [2.24, 2.45) is 5.18 Å². The average molecular weight is 505 g/mol. The van der Waals surface area contributed by atoms with E-state index in [0.717, 1.165) is 10.7 Å². The number of hydrogen-bond acceptors (Lipinski definition) is 4. The molecule has 0 atom stereocenters. The average Bonchev–Trinajstić information content (AvgIpc) is 3.27. The summed E-state index contributed by atoms with van der Waals surface area (Å²) in [6.45, 7) is 0. The summed E-state index contributed by atoms with van der Waals surface area (Å²) in [6.07, 6.45) is -4.66. The molecule has 0 aliphatic carbocycles. The molecular weight excluding hydrogens is 492 g/mol. The second-order valence-electron chi connectivity index (χ2n) is 7.06. The highest BCUT2D eigenvalue weighted by Gasteiger charge is 2.35. The Labute approximate surface area is 200 Å². The van der Waals surface area contributed by atoms with E-state index in [1.54, 1.807) is 24.3 Å². The highest BCUT2D eigenvalue weighted by atomic mass is 35.5. The fraction of sp³-hybridized carbons (Fsp3) is 0.0435. The van der Waals surface area contributed by atoms with Crippen LogP contribution >= 0.6 is 23.2 Å². The van der Waals surface area contributed by atoms with Gasteiger partial charge >= 0.3 is 6.18 Å². The number of aromatic nitrogens is 2. The molecule has 0 bridgehead atoms. The van der Waals surface area contributed by atoms with E-state index in [2.05, 4.69) is 15.6 Å². The summed E-state index contributed by atoms with van der Waals surface area (Å²) in [6, 6.07) is 17.3. The first-order chi connectivity index (χ1) is 16.2. The van der Waals surface area contributed by atoms with Crippen LogP contribution < -0.4 is 5.32 Å². The minimum absolute atomic E-state index is 0.0864. The predicted octanol–water partition coefficient (Wildman–Crippen LogP) is 7.52. The van der Waals surface area contributed by atoms with Gasteiger partial charge in [0.25, 0.3) is 5.91 Å². The summed E-state index contributed by atoms with van der Waals surface area (Å²) >= 11 is 12.2. The number of carbonyl (C=O) groups is 1. The van der Waals surface area contributed by atoms with Crippen molar-refractivity contribution < 1.29 is 18.0 Å². The third-order valence-corrected chi connectivity index (χ3v) is 5.48. The summed E-state index contributed by atoms with van der Waals surface area (Å²) in [5.41, 5.74) is 0.203. The molecule has 172 valence electrons. The number of para-hydroxylation sites is 1. The quantitative estimate of drug-likeness (QED) is 0.285. The predicted molar refractivity (Wildman–Crippen MR) is 124 cm³/mol. The Balaban J connectivity index is 1.68. The Morgan fingerprint density at radius 3 is 2.29 bits per heavy atom. The molecule has 1 amide bonds. The second kappa shape index (κ2) is 9.28. The lowest BCUT2D eigenvalue weighted by Crippen LogP contribution is -2.12. The summed E-state index contributed by atoms with van der Waals surface area (Å²) in [4.78, 5) is 23.3. The number of nitrogens with zero attached hydrogens (tertiary/aromatic N) is 3. The first-order valence-electron chi connectivity index (χ1n) is 9.64. The summed E-state index contributed by atoms with van der Waals surface area (Å²) in [5, 5.41) is 9.51. The highest BCUT2D eigenvalue weighted by Crippen LogP contribution is 2.35. The molecule has 1 aromatic heterocycles. The number of hydrogen-bond donors (Lipinski definition) is 1. The molecule has 0 radical (unpaired) electrons. The highest BCUT2D eigenvalue weighted by molar-refractivity contribution is 6.34. The maximum atomic E-state index is 13.4. The standard InChI is InChI=1S/C23H13Cl2F3N4O2/c24-16-10-9-15(31-34)11-18(16)29-22(33)14-7-5-13(6-8-14)20-12-21(23(26,27)28)30-32(20)19-4-2-1-3-17(19)25/h1-12H,(H,29,33). The largest absolute Gasteiger partial charge is 0.435 e. The molecule has 34 heavy (non-hydrogen) atoms. The molecule has 0 fully saturated rings. The van der Waals surface area contributed by atoms with E-state index in [0.29, 0.717) is 5.56 Å². The Kier molecular flexibility index (Phi) is 6.41. The van der Waals surface area contributed by atoms with Crippen LogP contribution in [0.25, 0.3) is 16.9 Å². The monoisotopic (exact) mass is 504 g/mol. The molecule has 0 aliphatic heterocycles. The lowest BCUT2D eigenvalue weighted by atomic mass is 10.1. The molecule has 0 spiro atoms. The Morgan fingerprint density at radius 2 is 1.65 bits per heavy atom. The molecule has 4 rings (SSSR count). The summed E-state index contributed by atoms with van der Waals surface area (Å²) in [5.74, 6) is -0.535. The van der Waals surface area contributed by atoms with Gasteiger partial charge in [-0.2, -0.15) is 18.3 Å². The third kappa shape index (κ3) is 4.80. The zero-order valence-corrected chi connectivity index (χ0v) is 18.5. The van der Waals surface area contributed by atoms with Crippen LogP contribution in [0.5, 0.6) is 0 Å². The number of nitrogens with one attached hydrogen (secondary N) is 1. The fourth-order valence-corrected chi connectivity index (χ4v) is 3.57. The van der Waals surface area contributed by atoms with Crippen LogP contribution in [0.15, 0.2) is 78.0 Å².